The number of ether oxygens (including phenoxy) is 1. The van der Waals surface area contributed by atoms with Gasteiger partial charge in [-0.1, -0.05) is 42.5 Å². The second kappa shape index (κ2) is 6.64. The summed E-state index contributed by atoms with van der Waals surface area (Å²) in [5, 5.41) is 14.9. The lowest BCUT2D eigenvalue weighted by atomic mass is 9.96. The van der Waals surface area contributed by atoms with Gasteiger partial charge in [0.1, 0.15) is 0 Å². The number of hydrogen-bond donors (Lipinski definition) is 2. The Balaban J connectivity index is 1.73. The molecule has 31 heavy (non-hydrogen) atoms. The SMILES string of the molecule is CCOC(=O)CCn1c2ccccc2c2c3c[nH]c(O)c3c3c(c21)Cc1ccccc1-3. The number of nitrogens with zero attached hydrogens (tertiary/aromatic N) is 1. The molecule has 0 fully saturated rings. The maximum Gasteiger partial charge on any atom is 0.307 e. The summed E-state index contributed by atoms with van der Waals surface area (Å²) in [6, 6.07) is 16.7. The van der Waals surface area contributed by atoms with E-state index >= 15 is 0 Å². The Morgan fingerprint density at radius 2 is 1.90 bits per heavy atom. The highest BCUT2D eigenvalue weighted by molar-refractivity contribution is 6.26. The Hall–Kier alpha value is -3.73. The van der Waals surface area contributed by atoms with E-state index in [-0.39, 0.29) is 11.8 Å². The van der Waals surface area contributed by atoms with Crippen molar-refractivity contribution < 1.29 is 14.6 Å². The highest BCUT2D eigenvalue weighted by Gasteiger charge is 2.29. The first kappa shape index (κ1) is 18.1. The summed E-state index contributed by atoms with van der Waals surface area (Å²) in [6.45, 7) is 2.77. The van der Waals surface area contributed by atoms with Gasteiger partial charge in [-0.25, -0.2) is 0 Å². The van der Waals surface area contributed by atoms with Gasteiger partial charge >= 0.3 is 5.97 Å². The minimum atomic E-state index is -0.186. The molecule has 0 aliphatic heterocycles. The number of fused-ring (bicyclic) bond motifs is 10. The van der Waals surface area contributed by atoms with Crippen LogP contribution in [0.25, 0.3) is 43.7 Å². The predicted molar refractivity (Wildman–Crippen MR) is 122 cm³/mol. The molecule has 5 heteroatoms. The Morgan fingerprint density at radius 1 is 1.10 bits per heavy atom. The van der Waals surface area contributed by atoms with Crippen LogP contribution in [-0.4, -0.2) is 27.2 Å². The van der Waals surface area contributed by atoms with E-state index < -0.39 is 0 Å². The molecular formula is C26H22N2O3. The number of esters is 1. The first-order valence-electron chi connectivity index (χ1n) is 10.7. The summed E-state index contributed by atoms with van der Waals surface area (Å²) < 4.78 is 7.45. The molecule has 3 aromatic carbocycles. The molecule has 2 aromatic heterocycles. The van der Waals surface area contributed by atoms with E-state index in [0.717, 1.165) is 44.6 Å². The van der Waals surface area contributed by atoms with E-state index in [1.165, 1.54) is 16.7 Å². The van der Waals surface area contributed by atoms with Crippen LogP contribution in [0.2, 0.25) is 0 Å². The molecule has 1 aliphatic carbocycles. The zero-order valence-corrected chi connectivity index (χ0v) is 17.2. The van der Waals surface area contributed by atoms with Gasteiger partial charge in [0, 0.05) is 46.4 Å². The van der Waals surface area contributed by atoms with Crippen molar-refractivity contribution >= 4 is 38.5 Å². The van der Waals surface area contributed by atoms with E-state index in [9.17, 15) is 9.90 Å². The van der Waals surface area contributed by atoms with Crippen LogP contribution in [0.4, 0.5) is 0 Å². The standard InChI is InChI=1S/C26H22N2O3/c1-2-31-21(29)11-12-28-20-10-6-5-9-17(20)23-19-14-27-26(30)24(19)22-16-8-4-3-7-15(16)13-18(22)25(23)28/h3-10,14,27,30H,2,11-13H2,1H3. The van der Waals surface area contributed by atoms with Crippen molar-refractivity contribution in [2.24, 2.45) is 0 Å². The van der Waals surface area contributed by atoms with Gasteiger partial charge in [-0.3, -0.25) is 4.79 Å². The molecule has 0 unspecified atom stereocenters. The maximum atomic E-state index is 12.2. The van der Waals surface area contributed by atoms with Crippen molar-refractivity contribution in [1.82, 2.24) is 9.55 Å². The van der Waals surface area contributed by atoms with Crippen molar-refractivity contribution in [2.75, 3.05) is 6.61 Å². The number of benzene rings is 3. The molecule has 154 valence electrons. The van der Waals surface area contributed by atoms with Crippen molar-refractivity contribution in [1.29, 1.82) is 0 Å². The smallest absolute Gasteiger partial charge is 0.307 e. The molecule has 0 atom stereocenters. The minimum absolute atomic E-state index is 0.186. The molecule has 0 saturated heterocycles. The fourth-order valence-corrected chi connectivity index (χ4v) is 5.27. The van der Waals surface area contributed by atoms with Crippen molar-refractivity contribution in [3.8, 4) is 17.0 Å². The Kier molecular flexibility index (Phi) is 3.87. The van der Waals surface area contributed by atoms with Crippen LogP contribution >= 0.6 is 0 Å². The van der Waals surface area contributed by atoms with E-state index in [2.05, 4.69) is 39.9 Å². The number of aryl methyl sites for hydroxylation is 1. The summed E-state index contributed by atoms with van der Waals surface area (Å²) in [6.07, 6.45) is 3.02. The second-order valence-electron chi connectivity index (χ2n) is 8.06. The Morgan fingerprint density at radius 3 is 2.77 bits per heavy atom. The fourth-order valence-electron chi connectivity index (χ4n) is 5.27. The molecule has 5 nitrogen and oxygen atoms in total. The van der Waals surface area contributed by atoms with Crippen molar-refractivity contribution in [2.45, 2.75) is 26.3 Å². The molecule has 0 bridgehead atoms. The van der Waals surface area contributed by atoms with Crippen molar-refractivity contribution in [3.63, 3.8) is 0 Å². The van der Waals surface area contributed by atoms with Crippen LogP contribution in [0, 0.1) is 0 Å². The lowest BCUT2D eigenvalue weighted by Crippen LogP contribution is -2.09. The van der Waals surface area contributed by atoms with Gasteiger partial charge in [0.25, 0.3) is 0 Å². The number of aromatic nitrogens is 2. The molecular weight excluding hydrogens is 388 g/mol. The van der Waals surface area contributed by atoms with Crippen LogP contribution in [0.1, 0.15) is 24.5 Å². The highest BCUT2D eigenvalue weighted by Crippen LogP contribution is 2.50. The number of aromatic amines is 1. The van der Waals surface area contributed by atoms with Crippen LogP contribution < -0.4 is 0 Å². The first-order chi connectivity index (χ1) is 15.2. The summed E-state index contributed by atoms with van der Waals surface area (Å²) in [5.74, 6) is 0.0157. The van der Waals surface area contributed by atoms with Crippen LogP contribution in [-0.2, 0) is 22.5 Å². The van der Waals surface area contributed by atoms with E-state index in [1.54, 1.807) is 0 Å². The molecule has 2 heterocycles. The van der Waals surface area contributed by atoms with Gasteiger partial charge in [-0.15, -0.1) is 0 Å². The van der Waals surface area contributed by atoms with E-state index in [4.69, 9.17) is 4.74 Å². The largest absolute Gasteiger partial charge is 0.494 e. The lowest BCUT2D eigenvalue weighted by molar-refractivity contribution is -0.143. The van der Waals surface area contributed by atoms with Crippen molar-refractivity contribution in [3.05, 3.63) is 65.9 Å². The third-order valence-electron chi connectivity index (χ3n) is 6.44. The average molecular weight is 410 g/mol. The quantitative estimate of drug-likeness (QED) is 0.377. The number of H-pyrrole nitrogens is 1. The predicted octanol–water partition coefficient (Wildman–Crippen LogP) is 5.51. The van der Waals surface area contributed by atoms with E-state index in [0.29, 0.717) is 19.6 Å². The van der Waals surface area contributed by atoms with Gasteiger partial charge < -0.3 is 19.4 Å². The van der Waals surface area contributed by atoms with E-state index in [1.807, 2.05) is 31.3 Å². The van der Waals surface area contributed by atoms with Crippen LogP contribution in [0.15, 0.2) is 54.7 Å². The van der Waals surface area contributed by atoms with Gasteiger partial charge in [-0.05, 0) is 29.7 Å². The summed E-state index contributed by atoms with van der Waals surface area (Å²) in [7, 11) is 0. The summed E-state index contributed by atoms with van der Waals surface area (Å²) in [5.41, 5.74) is 6.96. The van der Waals surface area contributed by atoms with Gasteiger partial charge in [0.15, 0.2) is 5.88 Å². The second-order valence-corrected chi connectivity index (χ2v) is 8.06. The number of para-hydroxylation sites is 1. The number of carbonyl (C=O) groups is 1. The number of carbonyl (C=O) groups excluding carboxylic acids is 1. The van der Waals surface area contributed by atoms with Crippen LogP contribution in [0.3, 0.4) is 0 Å². The zero-order valence-electron chi connectivity index (χ0n) is 17.2. The molecule has 2 N–H and O–H groups in total. The molecule has 5 aromatic rings. The molecule has 0 spiro atoms. The molecule has 0 saturated carbocycles. The molecule has 0 amide bonds. The third kappa shape index (κ3) is 2.46. The monoisotopic (exact) mass is 410 g/mol. The third-order valence-corrected chi connectivity index (χ3v) is 6.44. The fraction of sp³-hybridized carbons (Fsp3) is 0.192. The Labute approximate surface area is 178 Å². The van der Waals surface area contributed by atoms with Gasteiger partial charge in [0.2, 0.25) is 0 Å². The topological polar surface area (TPSA) is 67.2 Å². The molecule has 1 aliphatic rings. The zero-order chi connectivity index (χ0) is 21.1. The summed E-state index contributed by atoms with van der Waals surface area (Å²) in [4.78, 5) is 15.2. The minimum Gasteiger partial charge on any atom is -0.494 e. The molecule has 6 rings (SSSR count). The first-order valence-corrected chi connectivity index (χ1v) is 10.7. The highest BCUT2D eigenvalue weighted by atomic mass is 16.5. The van der Waals surface area contributed by atoms with Gasteiger partial charge in [0.05, 0.1) is 23.9 Å². The molecule has 0 radical (unpaired) electrons. The normalized spacial score (nSPS) is 12.5. The maximum absolute atomic E-state index is 12.2. The Bertz CT molecular complexity index is 1510. The van der Waals surface area contributed by atoms with Gasteiger partial charge in [-0.2, -0.15) is 0 Å². The number of aromatic hydroxyl groups is 1. The number of rotatable bonds is 4. The van der Waals surface area contributed by atoms with Crippen LogP contribution in [0.5, 0.6) is 5.88 Å². The number of hydrogen-bond acceptors (Lipinski definition) is 3. The number of nitrogens with one attached hydrogen (secondary N) is 1. The lowest BCUT2D eigenvalue weighted by Gasteiger charge is -2.12. The average Bonchev–Trinajstić information content (AvgIpc) is 3.44. The summed E-state index contributed by atoms with van der Waals surface area (Å²) >= 11 is 0.